The van der Waals surface area contributed by atoms with Crippen LogP contribution in [0.4, 0.5) is 0 Å². The Morgan fingerprint density at radius 2 is 1.94 bits per heavy atom. The van der Waals surface area contributed by atoms with E-state index in [4.69, 9.17) is 4.74 Å². The topological polar surface area (TPSA) is 24.5 Å². The van der Waals surface area contributed by atoms with Crippen LogP contribution in [0, 0.1) is 13.8 Å². The number of hydrogen-bond acceptors (Lipinski definition) is 3. The molecule has 0 aliphatic rings. The molecule has 3 heteroatoms. The van der Waals surface area contributed by atoms with Gasteiger partial charge in [-0.05, 0) is 37.6 Å². The molecule has 0 aromatic heterocycles. The van der Waals surface area contributed by atoms with Crippen LogP contribution in [0.3, 0.4) is 0 Å². The normalized spacial score (nSPS) is 11.2. The summed E-state index contributed by atoms with van der Waals surface area (Å²) in [6, 6.07) is 6.71. The molecule has 0 aliphatic carbocycles. The van der Waals surface area contributed by atoms with Gasteiger partial charge in [0.05, 0.1) is 6.61 Å². The number of methoxy groups -OCH3 is 1. The van der Waals surface area contributed by atoms with Gasteiger partial charge in [-0.1, -0.05) is 18.2 Å². The number of ether oxygens (including phenoxy) is 1. The third-order valence-corrected chi connectivity index (χ3v) is 3.18. The molecule has 0 aliphatic heterocycles. The van der Waals surface area contributed by atoms with Crippen molar-refractivity contribution < 1.29 is 4.74 Å². The van der Waals surface area contributed by atoms with E-state index >= 15 is 0 Å². The standard InChI is InChI=1S/C15H26N2O/c1-13-5-6-15(11-14(13)2)12-17(3)9-7-16-8-10-18-4/h5-6,11,16H,7-10,12H2,1-4H3. The van der Waals surface area contributed by atoms with Gasteiger partial charge in [-0.25, -0.2) is 0 Å². The van der Waals surface area contributed by atoms with Gasteiger partial charge in [-0.2, -0.15) is 0 Å². The van der Waals surface area contributed by atoms with Crippen LogP contribution in [0.15, 0.2) is 18.2 Å². The zero-order chi connectivity index (χ0) is 13.4. The predicted octanol–water partition coefficient (Wildman–Crippen LogP) is 1.97. The molecule has 3 nitrogen and oxygen atoms in total. The lowest BCUT2D eigenvalue weighted by molar-refractivity contribution is 0.197. The van der Waals surface area contributed by atoms with Crippen molar-refractivity contribution in [1.29, 1.82) is 0 Å². The summed E-state index contributed by atoms with van der Waals surface area (Å²) in [5, 5.41) is 3.36. The van der Waals surface area contributed by atoms with Crippen molar-refractivity contribution in [2.24, 2.45) is 0 Å². The highest BCUT2D eigenvalue weighted by Gasteiger charge is 2.01. The minimum atomic E-state index is 0.779. The Bertz CT molecular complexity index is 352. The Balaban J connectivity index is 2.26. The van der Waals surface area contributed by atoms with Gasteiger partial charge in [0, 0.05) is 33.3 Å². The minimum Gasteiger partial charge on any atom is -0.383 e. The van der Waals surface area contributed by atoms with Gasteiger partial charge in [0.2, 0.25) is 0 Å². The molecular formula is C15H26N2O. The molecule has 1 rings (SSSR count). The fourth-order valence-electron chi connectivity index (χ4n) is 1.86. The number of nitrogens with one attached hydrogen (secondary N) is 1. The van der Waals surface area contributed by atoms with E-state index in [9.17, 15) is 0 Å². The maximum atomic E-state index is 4.99. The molecule has 0 fully saturated rings. The van der Waals surface area contributed by atoms with Crippen LogP contribution >= 0.6 is 0 Å². The highest BCUT2D eigenvalue weighted by molar-refractivity contribution is 5.29. The number of rotatable bonds is 8. The van der Waals surface area contributed by atoms with E-state index in [-0.39, 0.29) is 0 Å². The van der Waals surface area contributed by atoms with Crippen molar-refractivity contribution in [3.05, 3.63) is 34.9 Å². The van der Waals surface area contributed by atoms with Crippen LogP contribution in [-0.2, 0) is 11.3 Å². The Morgan fingerprint density at radius 3 is 2.61 bits per heavy atom. The molecule has 0 unspecified atom stereocenters. The first-order valence-corrected chi connectivity index (χ1v) is 6.58. The van der Waals surface area contributed by atoms with Gasteiger partial charge in [0.1, 0.15) is 0 Å². The molecule has 0 saturated carbocycles. The summed E-state index contributed by atoms with van der Waals surface area (Å²) in [5.41, 5.74) is 4.12. The highest BCUT2D eigenvalue weighted by Crippen LogP contribution is 2.11. The summed E-state index contributed by atoms with van der Waals surface area (Å²) in [5.74, 6) is 0. The summed E-state index contributed by atoms with van der Waals surface area (Å²) < 4.78 is 4.99. The third-order valence-electron chi connectivity index (χ3n) is 3.18. The predicted molar refractivity (Wildman–Crippen MR) is 77.0 cm³/mol. The molecule has 0 spiro atoms. The molecule has 1 aromatic carbocycles. The molecule has 18 heavy (non-hydrogen) atoms. The maximum Gasteiger partial charge on any atom is 0.0587 e. The van der Waals surface area contributed by atoms with Crippen LogP contribution < -0.4 is 5.32 Å². The fourth-order valence-corrected chi connectivity index (χ4v) is 1.86. The van der Waals surface area contributed by atoms with Gasteiger partial charge in [-0.3, -0.25) is 0 Å². The number of hydrogen-bond donors (Lipinski definition) is 1. The van der Waals surface area contributed by atoms with E-state index in [0.717, 1.165) is 32.8 Å². The summed E-state index contributed by atoms with van der Waals surface area (Å²) in [6.45, 7) is 9.09. The first-order valence-electron chi connectivity index (χ1n) is 6.58. The fraction of sp³-hybridized carbons (Fsp3) is 0.600. The SMILES string of the molecule is COCCNCCN(C)Cc1ccc(C)c(C)c1. The molecule has 0 amide bonds. The van der Waals surface area contributed by atoms with Crippen LogP contribution in [-0.4, -0.2) is 45.3 Å². The zero-order valence-electron chi connectivity index (χ0n) is 12.1. The first kappa shape index (κ1) is 15.2. The molecule has 0 atom stereocenters. The van der Waals surface area contributed by atoms with E-state index in [1.165, 1.54) is 16.7 Å². The molecule has 1 aromatic rings. The average Bonchev–Trinajstić information content (AvgIpc) is 2.34. The summed E-state index contributed by atoms with van der Waals surface area (Å²) in [7, 11) is 3.89. The zero-order valence-corrected chi connectivity index (χ0v) is 12.1. The molecule has 0 saturated heterocycles. The van der Waals surface area contributed by atoms with E-state index in [0.29, 0.717) is 0 Å². The number of benzene rings is 1. The van der Waals surface area contributed by atoms with E-state index in [1.807, 2.05) is 0 Å². The Hall–Kier alpha value is -0.900. The van der Waals surface area contributed by atoms with Crippen molar-refractivity contribution in [1.82, 2.24) is 10.2 Å². The highest BCUT2D eigenvalue weighted by atomic mass is 16.5. The second-order valence-corrected chi connectivity index (χ2v) is 4.90. The average molecular weight is 250 g/mol. The lowest BCUT2D eigenvalue weighted by Gasteiger charge is -2.17. The van der Waals surface area contributed by atoms with Gasteiger partial charge < -0.3 is 15.0 Å². The van der Waals surface area contributed by atoms with E-state index < -0.39 is 0 Å². The lowest BCUT2D eigenvalue weighted by atomic mass is 10.1. The Labute approximate surface area is 111 Å². The van der Waals surface area contributed by atoms with E-state index in [1.54, 1.807) is 7.11 Å². The van der Waals surface area contributed by atoms with E-state index in [2.05, 4.69) is 49.3 Å². The summed E-state index contributed by atoms with van der Waals surface area (Å²) in [4.78, 5) is 2.34. The lowest BCUT2D eigenvalue weighted by Crippen LogP contribution is -2.30. The molecule has 0 bridgehead atoms. The van der Waals surface area contributed by atoms with Crippen molar-refractivity contribution >= 4 is 0 Å². The number of aryl methyl sites for hydroxylation is 2. The maximum absolute atomic E-state index is 4.99. The Morgan fingerprint density at radius 1 is 1.17 bits per heavy atom. The number of nitrogens with zero attached hydrogens (tertiary/aromatic N) is 1. The van der Waals surface area contributed by atoms with Crippen molar-refractivity contribution in [3.8, 4) is 0 Å². The smallest absolute Gasteiger partial charge is 0.0587 e. The van der Waals surface area contributed by atoms with Gasteiger partial charge in [0.25, 0.3) is 0 Å². The molecule has 0 radical (unpaired) electrons. The van der Waals surface area contributed by atoms with Crippen molar-refractivity contribution in [3.63, 3.8) is 0 Å². The second-order valence-electron chi connectivity index (χ2n) is 4.90. The molecule has 0 heterocycles. The largest absolute Gasteiger partial charge is 0.383 e. The molecular weight excluding hydrogens is 224 g/mol. The first-order chi connectivity index (χ1) is 8.63. The van der Waals surface area contributed by atoms with Crippen LogP contribution in [0.1, 0.15) is 16.7 Å². The monoisotopic (exact) mass is 250 g/mol. The third kappa shape index (κ3) is 5.63. The molecule has 1 N–H and O–H groups in total. The van der Waals surface area contributed by atoms with Gasteiger partial charge in [0.15, 0.2) is 0 Å². The Kier molecular flexibility index (Phi) is 6.94. The number of likely N-dealkylation sites (N-methyl/N-ethyl adjacent to an activating group) is 1. The van der Waals surface area contributed by atoms with Crippen molar-refractivity contribution in [2.45, 2.75) is 20.4 Å². The summed E-state index contributed by atoms with van der Waals surface area (Å²) in [6.07, 6.45) is 0. The second kappa shape index (κ2) is 8.25. The van der Waals surface area contributed by atoms with Gasteiger partial charge >= 0.3 is 0 Å². The summed E-state index contributed by atoms with van der Waals surface area (Å²) >= 11 is 0. The van der Waals surface area contributed by atoms with Crippen LogP contribution in [0.25, 0.3) is 0 Å². The van der Waals surface area contributed by atoms with Crippen molar-refractivity contribution in [2.75, 3.05) is 40.4 Å². The van der Waals surface area contributed by atoms with Crippen LogP contribution in [0.2, 0.25) is 0 Å². The quantitative estimate of drug-likeness (QED) is 0.714. The van der Waals surface area contributed by atoms with Gasteiger partial charge in [-0.15, -0.1) is 0 Å². The molecule has 102 valence electrons. The minimum absolute atomic E-state index is 0.779. The van der Waals surface area contributed by atoms with Crippen LogP contribution in [0.5, 0.6) is 0 Å².